The second-order valence-corrected chi connectivity index (χ2v) is 6.93. The van der Waals surface area contributed by atoms with E-state index in [0.717, 1.165) is 37.6 Å². The Balaban J connectivity index is 1.86. The van der Waals surface area contributed by atoms with Gasteiger partial charge in [-0.25, -0.2) is 4.79 Å². The zero-order valence-corrected chi connectivity index (χ0v) is 16.9. The molecule has 0 unspecified atom stereocenters. The van der Waals surface area contributed by atoms with Crippen molar-refractivity contribution in [1.82, 2.24) is 30.3 Å². The quantitative estimate of drug-likeness (QED) is 0.549. The first-order valence-corrected chi connectivity index (χ1v) is 9.89. The van der Waals surface area contributed by atoms with E-state index in [9.17, 15) is 4.79 Å². The number of nitrogens with zero attached hydrogens (tertiary/aromatic N) is 5. The van der Waals surface area contributed by atoms with Gasteiger partial charge in [0.1, 0.15) is 12.2 Å². The summed E-state index contributed by atoms with van der Waals surface area (Å²) in [6, 6.07) is 0.582. The summed E-state index contributed by atoms with van der Waals surface area (Å²) in [5, 5.41) is 14.9. The largest absolute Gasteiger partial charge is 0.450 e. The number of aryl methyl sites for hydroxylation is 1. The van der Waals surface area contributed by atoms with Crippen molar-refractivity contribution in [2.24, 2.45) is 4.99 Å². The molecule has 0 aliphatic carbocycles. The number of guanidine groups is 1. The van der Waals surface area contributed by atoms with Crippen LogP contribution >= 0.6 is 0 Å². The molecule has 0 bridgehead atoms. The first-order valence-electron chi connectivity index (χ1n) is 9.89. The van der Waals surface area contributed by atoms with Gasteiger partial charge in [0.25, 0.3) is 0 Å². The van der Waals surface area contributed by atoms with E-state index in [0.29, 0.717) is 32.3 Å². The molecule has 2 heterocycles. The van der Waals surface area contributed by atoms with Gasteiger partial charge in [0.05, 0.1) is 13.2 Å². The van der Waals surface area contributed by atoms with Crippen LogP contribution < -0.4 is 10.6 Å². The van der Waals surface area contributed by atoms with E-state index in [-0.39, 0.29) is 12.1 Å². The predicted octanol–water partition coefficient (Wildman–Crippen LogP) is 1.41. The minimum atomic E-state index is -0.217. The van der Waals surface area contributed by atoms with E-state index in [1.54, 1.807) is 11.2 Å². The maximum Gasteiger partial charge on any atom is 0.409 e. The molecule has 1 amide bonds. The molecule has 0 radical (unpaired) electrons. The number of hydrogen-bond acceptors (Lipinski definition) is 5. The van der Waals surface area contributed by atoms with Crippen LogP contribution in [0.15, 0.2) is 11.3 Å². The molecule has 0 aromatic carbocycles. The highest BCUT2D eigenvalue weighted by Crippen LogP contribution is 2.11. The Hall–Kier alpha value is -2.32. The van der Waals surface area contributed by atoms with Crippen molar-refractivity contribution < 1.29 is 9.53 Å². The molecule has 27 heavy (non-hydrogen) atoms. The summed E-state index contributed by atoms with van der Waals surface area (Å²) >= 11 is 0. The second-order valence-electron chi connectivity index (χ2n) is 6.93. The molecule has 0 spiro atoms. The molecule has 152 valence electrons. The number of likely N-dealkylation sites (tertiary alicyclic amines) is 1. The normalized spacial score (nSPS) is 15.9. The zero-order valence-electron chi connectivity index (χ0n) is 16.9. The van der Waals surface area contributed by atoms with Gasteiger partial charge >= 0.3 is 6.09 Å². The lowest BCUT2D eigenvalue weighted by atomic mass is 10.1. The number of aromatic nitrogens is 3. The number of rotatable bonds is 7. The van der Waals surface area contributed by atoms with Crippen LogP contribution in [0.4, 0.5) is 4.79 Å². The van der Waals surface area contributed by atoms with Crippen LogP contribution in [0.3, 0.4) is 0 Å². The molecule has 0 atom stereocenters. The van der Waals surface area contributed by atoms with E-state index < -0.39 is 0 Å². The lowest BCUT2D eigenvalue weighted by Gasteiger charge is -2.32. The molecule has 9 nitrogen and oxygen atoms in total. The van der Waals surface area contributed by atoms with Gasteiger partial charge in [-0.2, -0.15) is 0 Å². The number of piperidine rings is 1. The average molecular weight is 380 g/mol. The summed E-state index contributed by atoms with van der Waals surface area (Å²) < 4.78 is 7.11. The maximum atomic E-state index is 11.8. The van der Waals surface area contributed by atoms with E-state index in [1.165, 1.54) is 0 Å². The third kappa shape index (κ3) is 6.73. The molecule has 1 aliphatic rings. The van der Waals surface area contributed by atoms with Gasteiger partial charge in [-0.3, -0.25) is 4.99 Å². The minimum Gasteiger partial charge on any atom is -0.450 e. The Morgan fingerprint density at radius 2 is 2.11 bits per heavy atom. The van der Waals surface area contributed by atoms with Crippen LogP contribution in [0.25, 0.3) is 0 Å². The maximum absolute atomic E-state index is 11.8. The van der Waals surface area contributed by atoms with Crippen molar-refractivity contribution in [2.75, 3.05) is 26.2 Å². The van der Waals surface area contributed by atoms with Crippen LogP contribution in [-0.2, 0) is 17.7 Å². The van der Waals surface area contributed by atoms with E-state index in [4.69, 9.17) is 9.73 Å². The molecule has 1 aromatic rings. The third-order valence-corrected chi connectivity index (χ3v) is 4.41. The summed E-state index contributed by atoms with van der Waals surface area (Å²) in [7, 11) is 0. The second kappa shape index (κ2) is 10.7. The number of carbonyl (C=O) groups excluding carboxylic acids is 1. The highest BCUT2D eigenvalue weighted by atomic mass is 16.6. The molecule has 2 rings (SSSR count). The standard InChI is InChI=1S/C18H33N7O2/c1-5-16-23-20-13-25(16)12-9-19-17(21-14(3)4)22-15-7-10-24(11-8-15)18(26)27-6-2/h13-15H,5-12H2,1-4H3,(H2,19,21,22). The van der Waals surface area contributed by atoms with Crippen LogP contribution in [0.2, 0.25) is 0 Å². The van der Waals surface area contributed by atoms with Crippen molar-refractivity contribution in [3.63, 3.8) is 0 Å². The lowest BCUT2D eigenvalue weighted by Crippen LogP contribution is -2.51. The molecule has 2 N–H and O–H groups in total. The molecule has 1 aromatic heterocycles. The van der Waals surface area contributed by atoms with Crippen molar-refractivity contribution >= 4 is 12.1 Å². The number of aliphatic imine (C=N–C) groups is 1. The minimum absolute atomic E-state index is 0.217. The average Bonchev–Trinajstić information content (AvgIpc) is 3.09. The highest BCUT2D eigenvalue weighted by Gasteiger charge is 2.24. The fourth-order valence-electron chi connectivity index (χ4n) is 3.03. The van der Waals surface area contributed by atoms with E-state index >= 15 is 0 Å². The van der Waals surface area contributed by atoms with Crippen LogP contribution in [0, 0.1) is 0 Å². The van der Waals surface area contributed by atoms with Crippen LogP contribution in [0.1, 0.15) is 46.4 Å². The van der Waals surface area contributed by atoms with Gasteiger partial charge in [0, 0.05) is 38.1 Å². The summed E-state index contributed by atoms with van der Waals surface area (Å²) in [5.41, 5.74) is 0. The summed E-state index contributed by atoms with van der Waals surface area (Å²) in [6.45, 7) is 11.3. The van der Waals surface area contributed by atoms with Gasteiger partial charge in [0.2, 0.25) is 0 Å². The fourth-order valence-corrected chi connectivity index (χ4v) is 3.03. The molecule has 1 aliphatic heterocycles. The highest BCUT2D eigenvalue weighted by molar-refractivity contribution is 5.80. The van der Waals surface area contributed by atoms with Crippen molar-refractivity contribution in [3.05, 3.63) is 12.2 Å². The van der Waals surface area contributed by atoms with Gasteiger partial charge in [-0.15, -0.1) is 10.2 Å². The Morgan fingerprint density at radius 1 is 1.37 bits per heavy atom. The van der Waals surface area contributed by atoms with Crippen molar-refractivity contribution in [1.29, 1.82) is 0 Å². The van der Waals surface area contributed by atoms with Gasteiger partial charge in [-0.1, -0.05) is 6.92 Å². The predicted molar refractivity (Wildman–Crippen MR) is 105 cm³/mol. The topological polar surface area (TPSA) is 96.7 Å². The SMILES string of the molecule is CCOC(=O)N1CCC(NC(=NCCn2cnnc2CC)NC(C)C)CC1. The number of hydrogen-bond donors (Lipinski definition) is 2. The fraction of sp³-hybridized carbons (Fsp3) is 0.778. The molecule has 0 saturated carbocycles. The van der Waals surface area contributed by atoms with E-state index in [2.05, 4.69) is 41.6 Å². The van der Waals surface area contributed by atoms with Crippen molar-refractivity contribution in [2.45, 2.75) is 65.6 Å². The molecule has 1 fully saturated rings. The summed E-state index contributed by atoms with van der Waals surface area (Å²) in [5.74, 6) is 1.79. The molecular weight excluding hydrogens is 346 g/mol. The smallest absolute Gasteiger partial charge is 0.409 e. The number of amides is 1. The Morgan fingerprint density at radius 3 is 2.74 bits per heavy atom. The lowest BCUT2D eigenvalue weighted by molar-refractivity contribution is 0.0963. The molecular formula is C18H33N7O2. The van der Waals surface area contributed by atoms with Crippen molar-refractivity contribution in [3.8, 4) is 0 Å². The Kier molecular flexibility index (Phi) is 8.35. The molecule has 9 heteroatoms. The third-order valence-electron chi connectivity index (χ3n) is 4.41. The summed E-state index contributed by atoms with van der Waals surface area (Å²) in [4.78, 5) is 18.3. The first kappa shape index (κ1) is 21.0. The number of ether oxygens (including phenoxy) is 1. The molecule has 1 saturated heterocycles. The van der Waals surface area contributed by atoms with E-state index in [1.807, 2.05) is 11.5 Å². The number of nitrogens with one attached hydrogen (secondary N) is 2. The van der Waals surface area contributed by atoms with Gasteiger partial charge in [-0.05, 0) is 33.6 Å². The van der Waals surface area contributed by atoms with Gasteiger partial charge < -0.3 is 24.8 Å². The van der Waals surface area contributed by atoms with Crippen LogP contribution in [-0.4, -0.2) is 70.0 Å². The monoisotopic (exact) mass is 379 g/mol. The Bertz CT molecular complexity index is 607. The number of carbonyl (C=O) groups is 1. The first-order chi connectivity index (χ1) is 13.0. The summed E-state index contributed by atoms with van der Waals surface area (Å²) in [6.07, 6.45) is 4.15. The zero-order chi connectivity index (χ0) is 19.6. The van der Waals surface area contributed by atoms with Gasteiger partial charge in [0.15, 0.2) is 5.96 Å². The Labute approximate surface area is 161 Å². The van der Waals surface area contributed by atoms with Crippen LogP contribution in [0.5, 0.6) is 0 Å².